The molecule has 6 nitrogen and oxygen atoms in total. The Hall–Kier alpha value is -2.83. The number of halogens is 1. The summed E-state index contributed by atoms with van der Waals surface area (Å²) in [6.45, 7) is 3.35. The van der Waals surface area contributed by atoms with E-state index >= 15 is 0 Å². The van der Waals surface area contributed by atoms with Gasteiger partial charge in [0.1, 0.15) is 5.82 Å². The van der Waals surface area contributed by atoms with E-state index in [1.165, 1.54) is 12.1 Å². The number of benzene rings is 1. The number of rotatable bonds is 2. The second-order valence-electron chi connectivity index (χ2n) is 7.06. The maximum absolute atomic E-state index is 13.5. The van der Waals surface area contributed by atoms with Crippen LogP contribution in [0.4, 0.5) is 4.39 Å². The van der Waals surface area contributed by atoms with Crippen LogP contribution in [0.25, 0.3) is 0 Å². The summed E-state index contributed by atoms with van der Waals surface area (Å²) in [7, 11) is 0. The summed E-state index contributed by atoms with van der Waals surface area (Å²) >= 11 is 0. The smallest absolute Gasteiger partial charge is 0.254 e. The molecule has 7 heteroatoms. The summed E-state index contributed by atoms with van der Waals surface area (Å²) in [6.07, 6.45) is 4.12. The van der Waals surface area contributed by atoms with E-state index in [-0.39, 0.29) is 17.9 Å². The summed E-state index contributed by atoms with van der Waals surface area (Å²) in [5.41, 5.74) is 2.25. The number of hydrogen-bond donors (Lipinski definition) is 0. The molecule has 3 heterocycles. The molecule has 2 aliphatic rings. The molecule has 1 unspecified atom stereocenters. The fourth-order valence-electron chi connectivity index (χ4n) is 3.83. The zero-order chi connectivity index (χ0) is 19.0. The van der Waals surface area contributed by atoms with Gasteiger partial charge in [0.15, 0.2) is 5.82 Å². The number of amides is 2. The Balaban J connectivity index is 1.58. The van der Waals surface area contributed by atoms with E-state index in [9.17, 15) is 14.0 Å². The zero-order valence-corrected chi connectivity index (χ0v) is 15.2. The monoisotopic (exact) mass is 368 g/mol. The minimum Gasteiger partial charge on any atom is -0.338 e. The molecule has 0 aliphatic carbocycles. The Labute approximate surface area is 157 Å². The molecular formula is C20H21FN4O2. The van der Waals surface area contributed by atoms with Gasteiger partial charge in [0, 0.05) is 50.3 Å². The summed E-state index contributed by atoms with van der Waals surface area (Å²) in [5.74, 6) is 0.0670. The van der Waals surface area contributed by atoms with Crippen LogP contribution in [0.1, 0.15) is 53.2 Å². The Morgan fingerprint density at radius 2 is 2.11 bits per heavy atom. The normalized spacial score (nSPS) is 19.1. The molecule has 0 radical (unpaired) electrons. The van der Waals surface area contributed by atoms with Gasteiger partial charge in [0.05, 0.1) is 11.7 Å². The number of nitrogens with zero attached hydrogens (tertiary/aromatic N) is 4. The number of carbonyl (C=O) groups is 2. The molecule has 1 atom stereocenters. The number of hydrogen-bond acceptors (Lipinski definition) is 4. The number of aromatic nitrogens is 2. The van der Waals surface area contributed by atoms with E-state index in [2.05, 4.69) is 4.98 Å². The third kappa shape index (κ3) is 3.41. The minimum absolute atomic E-state index is 0.0485. The van der Waals surface area contributed by atoms with Crippen LogP contribution in [-0.4, -0.2) is 44.7 Å². The number of likely N-dealkylation sites (tertiary alicyclic amines) is 1. The summed E-state index contributed by atoms with van der Waals surface area (Å²) in [5, 5.41) is 0. The first-order valence-electron chi connectivity index (χ1n) is 9.19. The predicted molar refractivity (Wildman–Crippen MR) is 96.2 cm³/mol. The van der Waals surface area contributed by atoms with E-state index in [1.807, 2.05) is 0 Å². The van der Waals surface area contributed by atoms with Crippen LogP contribution in [0, 0.1) is 5.82 Å². The largest absolute Gasteiger partial charge is 0.338 e. The molecule has 1 fully saturated rings. The molecule has 0 spiro atoms. The van der Waals surface area contributed by atoms with Gasteiger partial charge < -0.3 is 9.80 Å². The first-order chi connectivity index (χ1) is 13.0. The lowest BCUT2D eigenvalue weighted by Gasteiger charge is -2.28. The van der Waals surface area contributed by atoms with Crippen molar-refractivity contribution in [3.05, 3.63) is 58.9 Å². The topological polar surface area (TPSA) is 66.4 Å². The molecule has 0 bridgehead atoms. The predicted octanol–water partition coefficient (Wildman–Crippen LogP) is 2.50. The molecule has 140 valence electrons. The lowest BCUT2D eigenvalue weighted by atomic mass is 10.1. The van der Waals surface area contributed by atoms with Gasteiger partial charge in [-0.3, -0.25) is 9.59 Å². The van der Waals surface area contributed by atoms with Gasteiger partial charge >= 0.3 is 0 Å². The summed E-state index contributed by atoms with van der Waals surface area (Å²) in [4.78, 5) is 37.2. The van der Waals surface area contributed by atoms with Crippen molar-refractivity contribution < 1.29 is 14.0 Å². The van der Waals surface area contributed by atoms with Gasteiger partial charge in [-0.05, 0) is 31.0 Å². The molecule has 2 amide bonds. The Morgan fingerprint density at radius 3 is 2.89 bits per heavy atom. The van der Waals surface area contributed by atoms with Crippen molar-refractivity contribution in [1.29, 1.82) is 0 Å². The Kier molecular flexibility index (Phi) is 4.59. The van der Waals surface area contributed by atoms with Crippen molar-refractivity contribution in [3.8, 4) is 0 Å². The van der Waals surface area contributed by atoms with Crippen molar-refractivity contribution in [1.82, 2.24) is 19.8 Å². The van der Waals surface area contributed by atoms with Crippen LogP contribution in [-0.2, 0) is 17.8 Å². The highest BCUT2D eigenvalue weighted by molar-refractivity contribution is 5.94. The Bertz CT molecular complexity index is 901. The highest BCUT2D eigenvalue weighted by atomic mass is 19.1. The van der Waals surface area contributed by atoms with E-state index in [0.717, 1.165) is 24.1 Å². The molecular weight excluding hydrogens is 347 g/mol. The second kappa shape index (κ2) is 7.06. The van der Waals surface area contributed by atoms with E-state index in [4.69, 9.17) is 4.98 Å². The summed E-state index contributed by atoms with van der Waals surface area (Å²) in [6, 6.07) is 5.57. The van der Waals surface area contributed by atoms with E-state index in [1.54, 1.807) is 35.1 Å². The average molecular weight is 368 g/mol. The quantitative estimate of drug-likeness (QED) is 0.817. The van der Waals surface area contributed by atoms with Crippen LogP contribution in [0.3, 0.4) is 0 Å². The van der Waals surface area contributed by atoms with Crippen molar-refractivity contribution in [2.45, 2.75) is 38.8 Å². The standard InChI is InChI=1S/C20H21FN4O2/c1-13(26)24-9-7-17-15(12-24)11-22-19(23-17)18-6-3-8-25(18)20(27)14-4-2-5-16(21)10-14/h2,4-5,10-11,18H,3,6-9,12H2,1H3. The molecule has 0 N–H and O–H groups in total. The van der Waals surface area contributed by atoms with E-state index in [0.29, 0.717) is 37.4 Å². The lowest BCUT2D eigenvalue weighted by molar-refractivity contribution is -0.129. The lowest BCUT2D eigenvalue weighted by Crippen LogP contribution is -2.36. The minimum atomic E-state index is -0.420. The summed E-state index contributed by atoms with van der Waals surface area (Å²) < 4.78 is 13.5. The highest BCUT2D eigenvalue weighted by Crippen LogP contribution is 2.32. The molecule has 2 aliphatic heterocycles. The molecule has 1 aromatic carbocycles. The third-order valence-electron chi connectivity index (χ3n) is 5.28. The molecule has 1 saturated heterocycles. The van der Waals surface area contributed by atoms with Crippen molar-refractivity contribution in [3.63, 3.8) is 0 Å². The highest BCUT2D eigenvalue weighted by Gasteiger charge is 2.33. The van der Waals surface area contributed by atoms with Crippen molar-refractivity contribution in [2.75, 3.05) is 13.1 Å². The fourth-order valence-corrected chi connectivity index (χ4v) is 3.83. The van der Waals surface area contributed by atoms with Gasteiger partial charge in [-0.15, -0.1) is 0 Å². The van der Waals surface area contributed by atoms with Crippen LogP contribution in [0.2, 0.25) is 0 Å². The maximum Gasteiger partial charge on any atom is 0.254 e. The van der Waals surface area contributed by atoms with Crippen molar-refractivity contribution in [2.24, 2.45) is 0 Å². The Morgan fingerprint density at radius 1 is 1.26 bits per heavy atom. The van der Waals surface area contributed by atoms with Crippen LogP contribution < -0.4 is 0 Å². The maximum atomic E-state index is 13.5. The molecule has 4 rings (SSSR count). The molecule has 27 heavy (non-hydrogen) atoms. The average Bonchev–Trinajstić information content (AvgIpc) is 3.16. The SMILES string of the molecule is CC(=O)N1CCc2nc(C3CCCN3C(=O)c3cccc(F)c3)ncc2C1. The van der Waals surface area contributed by atoms with Gasteiger partial charge in [-0.25, -0.2) is 14.4 Å². The van der Waals surface area contributed by atoms with Crippen molar-refractivity contribution >= 4 is 11.8 Å². The van der Waals surface area contributed by atoms with Crippen LogP contribution in [0.5, 0.6) is 0 Å². The van der Waals surface area contributed by atoms with Gasteiger partial charge in [0.25, 0.3) is 5.91 Å². The number of carbonyl (C=O) groups excluding carboxylic acids is 2. The third-order valence-corrected chi connectivity index (χ3v) is 5.28. The van der Waals surface area contributed by atoms with Gasteiger partial charge in [-0.2, -0.15) is 0 Å². The van der Waals surface area contributed by atoms with Gasteiger partial charge in [0.2, 0.25) is 5.91 Å². The second-order valence-corrected chi connectivity index (χ2v) is 7.06. The van der Waals surface area contributed by atoms with Crippen LogP contribution in [0.15, 0.2) is 30.5 Å². The zero-order valence-electron chi connectivity index (χ0n) is 15.2. The van der Waals surface area contributed by atoms with E-state index < -0.39 is 5.82 Å². The molecule has 2 aromatic rings. The fraction of sp³-hybridized carbons (Fsp3) is 0.400. The first kappa shape index (κ1) is 17.6. The van der Waals surface area contributed by atoms with Gasteiger partial charge in [-0.1, -0.05) is 6.07 Å². The molecule has 1 aromatic heterocycles. The number of fused-ring (bicyclic) bond motifs is 1. The first-order valence-corrected chi connectivity index (χ1v) is 9.19. The molecule has 0 saturated carbocycles. The van der Waals surface area contributed by atoms with Crippen LogP contribution >= 0.6 is 0 Å².